The van der Waals surface area contributed by atoms with E-state index < -0.39 is 18.0 Å². The van der Waals surface area contributed by atoms with Gasteiger partial charge in [0.2, 0.25) is 0 Å². The van der Waals surface area contributed by atoms with Crippen molar-refractivity contribution in [2.24, 2.45) is 11.1 Å². The van der Waals surface area contributed by atoms with Gasteiger partial charge in [0, 0.05) is 6.20 Å². The summed E-state index contributed by atoms with van der Waals surface area (Å²) in [5, 5.41) is 2.85. The average Bonchev–Trinajstić information content (AvgIpc) is 2.63. The Kier molecular flexibility index (Phi) is 6.76. The van der Waals surface area contributed by atoms with E-state index in [-0.39, 0.29) is 17.7 Å². The van der Waals surface area contributed by atoms with Crippen molar-refractivity contribution in [1.29, 1.82) is 0 Å². The van der Waals surface area contributed by atoms with Crippen LogP contribution in [0, 0.1) is 5.41 Å². The van der Waals surface area contributed by atoms with Gasteiger partial charge in [0.1, 0.15) is 13.2 Å². The Morgan fingerprint density at radius 2 is 1.85 bits per heavy atom. The number of benzene rings is 1. The first kappa shape index (κ1) is 20.2. The molecule has 0 bridgehead atoms. The molecule has 0 aliphatic rings. The molecule has 144 valence electrons. The molecule has 0 spiro atoms. The topological polar surface area (TPSA) is 104 Å². The Labute approximate surface area is 158 Å². The minimum atomic E-state index is -0.886. The second-order valence-electron chi connectivity index (χ2n) is 7.15. The molecule has 1 aromatic carbocycles. The molecule has 1 unspecified atom stereocenters. The monoisotopic (exact) mass is 371 g/mol. The van der Waals surface area contributed by atoms with Crippen molar-refractivity contribution in [3.05, 3.63) is 59.9 Å². The highest BCUT2D eigenvalue weighted by molar-refractivity contribution is 5.95. The summed E-state index contributed by atoms with van der Waals surface area (Å²) in [6, 6.07) is 12.6. The molecule has 0 radical (unpaired) electrons. The van der Waals surface area contributed by atoms with E-state index in [1.165, 1.54) is 6.20 Å². The highest BCUT2D eigenvalue weighted by Crippen LogP contribution is 2.22. The molecule has 1 atom stereocenters. The fourth-order valence-electron chi connectivity index (χ4n) is 2.31. The van der Waals surface area contributed by atoms with Crippen molar-refractivity contribution < 1.29 is 19.1 Å². The third-order valence-electron chi connectivity index (χ3n) is 3.97. The van der Waals surface area contributed by atoms with Gasteiger partial charge in [-0.05, 0) is 23.1 Å². The van der Waals surface area contributed by atoms with Gasteiger partial charge in [-0.25, -0.2) is 9.78 Å². The van der Waals surface area contributed by atoms with E-state index in [1.807, 2.05) is 51.1 Å². The number of carbonyl (C=O) groups excluding carboxylic acids is 2. The summed E-state index contributed by atoms with van der Waals surface area (Å²) >= 11 is 0. The number of hydrogen-bond acceptors (Lipinski definition) is 5. The Balaban J connectivity index is 2.11. The number of nitrogens with one attached hydrogen (secondary N) is 1. The van der Waals surface area contributed by atoms with E-state index in [0.29, 0.717) is 12.4 Å². The van der Waals surface area contributed by atoms with E-state index in [0.717, 1.165) is 5.56 Å². The van der Waals surface area contributed by atoms with E-state index in [2.05, 4.69) is 10.3 Å². The van der Waals surface area contributed by atoms with Gasteiger partial charge < -0.3 is 20.5 Å². The molecule has 2 amide bonds. The SMILES string of the molecule is CC(C)(C)C(COC(N)=O)NC(=O)c1ncccc1OCc1ccccc1. The van der Waals surface area contributed by atoms with Crippen LogP contribution < -0.4 is 15.8 Å². The van der Waals surface area contributed by atoms with Crippen LogP contribution in [-0.4, -0.2) is 29.6 Å². The van der Waals surface area contributed by atoms with Gasteiger partial charge in [-0.2, -0.15) is 0 Å². The van der Waals surface area contributed by atoms with Crippen molar-refractivity contribution >= 4 is 12.0 Å². The van der Waals surface area contributed by atoms with Crippen LogP contribution in [-0.2, 0) is 11.3 Å². The minimum absolute atomic E-state index is 0.0301. The number of amides is 2. The first-order valence-electron chi connectivity index (χ1n) is 8.62. The fourth-order valence-corrected chi connectivity index (χ4v) is 2.31. The Morgan fingerprint density at radius 3 is 2.48 bits per heavy atom. The lowest BCUT2D eigenvalue weighted by Gasteiger charge is -2.30. The molecule has 2 aromatic rings. The van der Waals surface area contributed by atoms with Gasteiger partial charge in [0.25, 0.3) is 5.91 Å². The lowest BCUT2D eigenvalue weighted by molar-refractivity contribution is 0.0795. The Hall–Kier alpha value is -3.09. The fraction of sp³-hybridized carbons (Fsp3) is 0.350. The first-order valence-corrected chi connectivity index (χ1v) is 8.62. The third-order valence-corrected chi connectivity index (χ3v) is 3.97. The predicted octanol–water partition coefficient (Wildman–Crippen LogP) is 2.90. The van der Waals surface area contributed by atoms with Crippen LogP contribution in [0.25, 0.3) is 0 Å². The quantitative estimate of drug-likeness (QED) is 0.779. The third kappa shape index (κ3) is 6.29. The van der Waals surface area contributed by atoms with Crippen LogP contribution in [0.3, 0.4) is 0 Å². The molecule has 1 heterocycles. The Bertz CT molecular complexity index is 772. The molecule has 0 saturated carbocycles. The highest BCUT2D eigenvalue weighted by atomic mass is 16.5. The van der Waals surface area contributed by atoms with Crippen molar-refractivity contribution in [3.8, 4) is 5.75 Å². The molecular formula is C20H25N3O4. The molecule has 3 N–H and O–H groups in total. The van der Waals surface area contributed by atoms with Crippen LogP contribution in [0.1, 0.15) is 36.8 Å². The maximum atomic E-state index is 12.8. The highest BCUT2D eigenvalue weighted by Gasteiger charge is 2.29. The number of nitrogens with two attached hydrogens (primary N) is 1. The molecule has 0 aliphatic carbocycles. The summed E-state index contributed by atoms with van der Waals surface area (Å²) in [6.45, 7) is 6.06. The summed E-state index contributed by atoms with van der Waals surface area (Å²) in [6.07, 6.45) is 0.638. The molecule has 7 heteroatoms. The molecule has 2 rings (SSSR count). The average molecular weight is 371 g/mol. The summed E-state index contributed by atoms with van der Waals surface area (Å²) < 4.78 is 10.7. The van der Waals surface area contributed by atoms with E-state index in [9.17, 15) is 9.59 Å². The van der Waals surface area contributed by atoms with Crippen LogP contribution >= 0.6 is 0 Å². The van der Waals surface area contributed by atoms with Crippen LogP contribution in [0.2, 0.25) is 0 Å². The van der Waals surface area contributed by atoms with Gasteiger partial charge in [-0.15, -0.1) is 0 Å². The number of pyridine rings is 1. The molecule has 7 nitrogen and oxygen atoms in total. The largest absolute Gasteiger partial charge is 0.486 e. The standard InChI is InChI=1S/C20H25N3O4/c1-20(2,3)16(13-27-19(21)25)23-18(24)17-15(10-7-11-22-17)26-12-14-8-5-4-6-9-14/h4-11,16H,12-13H2,1-3H3,(H2,21,25)(H,23,24). The number of rotatable bonds is 7. The zero-order valence-electron chi connectivity index (χ0n) is 15.8. The van der Waals surface area contributed by atoms with Crippen molar-refractivity contribution in [3.63, 3.8) is 0 Å². The number of hydrogen-bond donors (Lipinski definition) is 2. The number of nitrogens with zero attached hydrogens (tertiary/aromatic N) is 1. The van der Waals surface area contributed by atoms with Gasteiger partial charge in [-0.1, -0.05) is 51.1 Å². The lowest BCUT2D eigenvalue weighted by Crippen LogP contribution is -2.47. The maximum absolute atomic E-state index is 12.8. The molecular weight excluding hydrogens is 346 g/mol. The zero-order valence-corrected chi connectivity index (χ0v) is 15.8. The van der Waals surface area contributed by atoms with Crippen molar-refractivity contribution in [2.75, 3.05) is 6.61 Å². The van der Waals surface area contributed by atoms with Crippen LogP contribution in [0.5, 0.6) is 5.75 Å². The summed E-state index contributed by atoms with van der Waals surface area (Å²) in [5.41, 5.74) is 5.83. The lowest BCUT2D eigenvalue weighted by atomic mass is 9.87. The number of primary amides is 1. The molecule has 0 saturated heterocycles. The number of carbonyl (C=O) groups is 2. The van der Waals surface area contributed by atoms with E-state index >= 15 is 0 Å². The first-order chi connectivity index (χ1) is 12.8. The minimum Gasteiger partial charge on any atom is -0.486 e. The second-order valence-corrected chi connectivity index (χ2v) is 7.15. The van der Waals surface area contributed by atoms with Crippen molar-refractivity contribution in [2.45, 2.75) is 33.4 Å². The molecule has 27 heavy (non-hydrogen) atoms. The summed E-state index contributed by atoms with van der Waals surface area (Å²) in [4.78, 5) is 27.8. The van der Waals surface area contributed by atoms with E-state index in [4.69, 9.17) is 15.2 Å². The molecule has 0 fully saturated rings. The van der Waals surface area contributed by atoms with Gasteiger partial charge in [0.05, 0.1) is 6.04 Å². The number of aromatic nitrogens is 1. The Morgan fingerprint density at radius 1 is 1.15 bits per heavy atom. The summed E-state index contributed by atoms with van der Waals surface area (Å²) in [5.74, 6) is -0.0333. The smallest absolute Gasteiger partial charge is 0.404 e. The zero-order chi connectivity index (χ0) is 19.9. The van der Waals surface area contributed by atoms with E-state index in [1.54, 1.807) is 12.1 Å². The maximum Gasteiger partial charge on any atom is 0.404 e. The van der Waals surface area contributed by atoms with Crippen molar-refractivity contribution in [1.82, 2.24) is 10.3 Å². The predicted molar refractivity (Wildman–Crippen MR) is 101 cm³/mol. The molecule has 1 aromatic heterocycles. The van der Waals surface area contributed by atoms with Crippen LogP contribution in [0.4, 0.5) is 4.79 Å². The normalized spacial score (nSPS) is 12.1. The van der Waals surface area contributed by atoms with Gasteiger partial charge in [0.15, 0.2) is 11.4 Å². The van der Waals surface area contributed by atoms with Gasteiger partial charge >= 0.3 is 6.09 Å². The second kappa shape index (κ2) is 9.02. The van der Waals surface area contributed by atoms with Crippen LogP contribution in [0.15, 0.2) is 48.7 Å². The number of ether oxygens (including phenoxy) is 2. The van der Waals surface area contributed by atoms with Gasteiger partial charge in [-0.3, -0.25) is 4.79 Å². The summed E-state index contributed by atoms with van der Waals surface area (Å²) in [7, 11) is 0. The molecule has 0 aliphatic heterocycles.